The van der Waals surface area contributed by atoms with Crippen LogP contribution in [-0.2, 0) is 4.79 Å². The largest absolute Gasteiger partial charge is 0.497 e. The van der Waals surface area contributed by atoms with Crippen LogP contribution in [0.1, 0.15) is 23.6 Å². The summed E-state index contributed by atoms with van der Waals surface area (Å²) in [5, 5.41) is 19.2. The quantitative estimate of drug-likeness (QED) is 0.624. The number of hydrogen-bond acceptors (Lipinski definition) is 9. The lowest BCUT2D eigenvalue weighted by molar-refractivity contribution is -0.113. The van der Waals surface area contributed by atoms with Crippen LogP contribution in [0.3, 0.4) is 0 Å². The number of rotatable bonds is 5. The van der Waals surface area contributed by atoms with Crippen molar-refractivity contribution < 1.29 is 9.53 Å². The van der Waals surface area contributed by atoms with E-state index in [-0.39, 0.29) is 29.9 Å². The normalized spacial score (nSPS) is 22.7. The molecule has 0 aliphatic carbocycles. The molecule has 0 radical (unpaired) electrons. The smallest absolute Gasteiger partial charge is 0.234 e. The molecule has 5 rings (SSSR count). The summed E-state index contributed by atoms with van der Waals surface area (Å²) in [6, 6.07) is 17.4. The average molecular weight is 462 g/mol. The highest BCUT2D eigenvalue weighted by molar-refractivity contribution is 8.14. The van der Waals surface area contributed by atoms with Gasteiger partial charge in [0.25, 0.3) is 0 Å². The van der Waals surface area contributed by atoms with Crippen molar-refractivity contribution in [2.45, 2.75) is 24.7 Å². The summed E-state index contributed by atoms with van der Waals surface area (Å²) in [7, 11) is 1.67. The number of anilines is 1. The molecule has 3 atom stereocenters. The Morgan fingerprint density at radius 3 is 2.94 bits per heavy atom. The minimum atomic E-state index is -0.147. The maximum Gasteiger partial charge on any atom is 0.234 e. The summed E-state index contributed by atoms with van der Waals surface area (Å²) in [5.74, 6) is 0.913. The van der Waals surface area contributed by atoms with Gasteiger partial charge in [0.1, 0.15) is 11.9 Å². The Labute approximate surface area is 196 Å². The van der Waals surface area contributed by atoms with Crippen molar-refractivity contribution in [3.8, 4) is 11.8 Å². The van der Waals surface area contributed by atoms with Gasteiger partial charge in [0, 0.05) is 18.1 Å². The Kier molecular flexibility index (Phi) is 5.81. The first-order chi connectivity index (χ1) is 16.1. The van der Waals surface area contributed by atoms with Crippen LogP contribution < -0.4 is 20.9 Å². The standard InChI is InChI=1S/C23H23N7O2S/c1-32-18-7-5-16(6-8-18)19-12-20-22-26-27-23(29(22)9-10-30(20)28-19)33-14-21(31)25-17-4-2-3-15(11-17)13-24/h2-11,19-20,22,26,28H,12,14H2,1H3,(H,25,31). The Balaban J connectivity index is 1.17. The van der Waals surface area contributed by atoms with E-state index in [1.54, 1.807) is 31.4 Å². The second-order valence-corrected chi connectivity index (χ2v) is 8.81. The summed E-state index contributed by atoms with van der Waals surface area (Å²) >= 11 is 1.37. The van der Waals surface area contributed by atoms with Gasteiger partial charge < -0.3 is 20.0 Å². The number of hydrazine groups is 1. The fourth-order valence-electron chi connectivity index (χ4n) is 4.20. The predicted octanol–water partition coefficient (Wildman–Crippen LogP) is 2.55. The number of nitrogens with one attached hydrogen (secondary N) is 3. The molecule has 3 unspecified atom stereocenters. The van der Waals surface area contributed by atoms with Crippen LogP contribution in [0.25, 0.3) is 0 Å². The summed E-state index contributed by atoms with van der Waals surface area (Å²) in [6.07, 6.45) is 4.89. The van der Waals surface area contributed by atoms with Crippen LogP contribution in [0.4, 0.5) is 5.69 Å². The molecule has 0 aromatic heterocycles. The van der Waals surface area contributed by atoms with Crippen molar-refractivity contribution in [2.24, 2.45) is 5.10 Å². The number of carbonyl (C=O) groups excluding carboxylic acids is 1. The van der Waals surface area contributed by atoms with E-state index in [4.69, 9.17) is 10.00 Å². The number of thioether (sulfide) groups is 1. The highest BCUT2D eigenvalue weighted by Gasteiger charge is 2.44. The lowest BCUT2D eigenvalue weighted by Gasteiger charge is -2.36. The molecule has 1 fully saturated rings. The van der Waals surface area contributed by atoms with E-state index >= 15 is 0 Å². The molecule has 0 bridgehead atoms. The molecule has 3 aliphatic rings. The zero-order valence-electron chi connectivity index (χ0n) is 17.9. The minimum absolute atomic E-state index is 0.0105. The van der Waals surface area contributed by atoms with Gasteiger partial charge in [0.2, 0.25) is 5.91 Å². The highest BCUT2D eigenvalue weighted by atomic mass is 32.2. The van der Waals surface area contributed by atoms with Crippen LogP contribution in [0.5, 0.6) is 5.75 Å². The lowest BCUT2D eigenvalue weighted by Crippen LogP contribution is -2.54. The van der Waals surface area contributed by atoms with E-state index in [0.29, 0.717) is 11.3 Å². The van der Waals surface area contributed by atoms with Gasteiger partial charge >= 0.3 is 0 Å². The maximum atomic E-state index is 12.4. The number of methoxy groups -OCH3 is 1. The monoisotopic (exact) mass is 461 g/mol. The van der Waals surface area contributed by atoms with Gasteiger partial charge in [-0.25, -0.2) is 5.43 Å². The van der Waals surface area contributed by atoms with Gasteiger partial charge in [0.15, 0.2) is 5.17 Å². The molecule has 168 valence electrons. The number of ether oxygens (including phenoxy) is 1. The molecule has 3 heterocycles. The Bertz CT molecular complexity index is 1140. The van der Waals surface area contributed by atoms with E-state index < -0.39 is 0 Å². The average Bonchev–Trinajstić information content (AvgIpc) is 3.47. The van der Waals surface area contributed by atoms with Crippen LogP contribution in [0.2, 0.25) is 0 Å². The number of nitrogens with zero attached hydrogens (tertiary/aromatic N) is 4. The van der Waals surface area contributed by atoms with E-state index in [9.17, 15) is 4.79 Å². The Hall–Kier alpha value is -3.68. The van der Waals surface area contributed by atoms with Crippen molar-refractivity contribution >= 4 is 28.5 Å². The van der Waals surface area contributed by atoms with Crippen LogP contribution in [-0.4, -0.2) is 46.1 Å². The summed E-state index contributed by atoms with van der Waals surface area (Å²) in [5.41, 5.74) is 9.11. The van der Waals surface area contributed by atoms with Crippen molar-refractivity contribution in [2.75, 3.05) is 18.2 Å². The molecule has 10 heteroatoms. The van der Waals surface area contributed by atoms with Crippen molar-refractivity contribution in [1.82, 2.24) is 20.8 Å². The number of hydrogen-bond donors (Lipinski definition) is 3. The van der Waals surface area contributed by atoms with Crippen LogP contribution >= 0.6 is 11.8 Å². The Morgan fingerprint density at radius 2 is 2.15 bits per heavy atom. The third kappa shape index (κ3) is 4.33. The maximum absolute atomic E-state index is 12.4. The molecular formula is C23H23N7O2S. The van der Waals surface area contributed by atoms with E-state index in [1.165, 1.54) is 17.3 Å². The van der Waals surface area contributed by atoms with E-state index in [0.717, 1.165) is 17.3 Å². The molecule has 9 nitrogen and oxygen atoms in total. The molecule has 1 amide bonds. The third-order valence-electron chi connectivity index (χ3n) is 5.83. The van der Waals surface area contributed by atoms with Crippen LogP contribution in [0, 0.1) is 11.3 Å². The van der Waals surface area contributed by atoms with Gasteiger partial charge in [-0.05, 0) is 42.3 Å². The number of nitriles is 1. The Morgan fingerprint density at radius 1 is 1.30 bits per heavy atom. The SMILES string of the molecule is COc1ccc(C2CC3C4NN=C(SCC(=O)Nc5cccc(C#N)c5)N4C=CN3N2)cc1. The molecule has 1 saturated heterocycles. The van der Waals surface area contributed by atoms with Gasteiger partial charge in [-0.3, -0.25) is 10.2 Å². The molecule has 2 aromatic carbocycles. The van der Waals surface area contributed by atoms with Gasteiger partial charge in [-0.2, -0.15) is 10.4 Å². The first-order valence-electron chi connectivity index (χ1n) is 10.6. The lowest BCUT2D eigenvalue weighted by atomic mass is 10.00. The van der Waals surface area contributed by atoms with E-state index in [1.807, 2.05) is 24.5 Å². The molecule has 2 aromatic rings. The fourth-order valence-corrected chi connectivity index (χ4v) is 4.97. The summed E-state index contributed by atoms with van der Waals surface area (Å²) < 4.78 is 5.26. The van der Waals surface area contributed by atoms with Crippen molar-refractivity contribution in [3.05, 3.63) is 72.1 Å². The molecular weight excluding hydrogens is 438 g/mol. The third-order valence-corrected chi connectivity index (χ3v) is 6.80. The number of amides is 1. The second kappa shape index (κ2) is 9.05. The molecule has 3 N–H and O–H groups in total. The molecule has 3 aliphatic heterocycles. The minimum Gasteiger partial charge on any atom is -0.497 e. The number of benzene rings is 2. The van der Waals surface area contributed by atoms with Crippen molar-refractivity contribution in [3.63, 3.8) is 0 Å². The second-order valence-electron chi connectivity index (χ2n) is 7.87. The van der Waals surface area contributed by atoms with Crippen molar-refractivity contribution in [1.29, 1.82) is 5.26 Å². The molecule has 0 spiro atoms. The first kappa shape index (κ1) is 21.2. The number of fused-ring (bicyclic) bond motifs is 3. The molecule has 33 heavy (non-hydrogen) atoms. The van der Waals surface area contributed by atoms with Crippen LogP contribution in [0.15, 0.2) is 66.0 Å². The fraction of sp³-hybridized carbons (Fsp3) is 0.261. The van der Waals surface area contributed by atoms with Gasteiger partial charge in [-0.15, -0.1) is 0 Å². The first-order valence-corrected chi connectivity index (χ1v) is 11.5. The zero-order chi connectivity index (χ0) is 22.8. The predicted molar refractivity (Wildman–Crippen MR) is 127 cm³/mol. The number of amidine groups is 1. The zero-order valence-corrected chi connectivity index (χ0v) is 18.7. The number of hydrazone groups is 1. The molecule has 0 saturated carbocycles. The summed E-state index contributed by atoms with van der Waals surface area (Å²) in [6.45, 7) is 0. The van der Waals surface area contributed by atoms with E-state index in [2.05, 4.69) is 49.4 Å². The summed E-state index contributed by atoms with van der Waals surface area (Å²) in [4.78, 5) is 14.5. The van der Waals surface area contributed by atoms with Gasteiger partial charge in [0.05, 0.1) is 36.6 Å². The highest BCUT2D eigenvalue weighted by Crippen LogP contribution is 2.35. The van der Waals surface area contributed by atoms with Gasteiger partial charge in [-0.1, -0.05) is 30.0 Å². The topological polar surface area (TPSA) is 105 Å². The number of carbonyl (C=O) groups is 1.